The second kappa shape index (κ2) is 4.23. The third kappa shape index (κ3) is 2.72. The summed E-state index contributed by atoms with van der Waals surface area (Å²) in [5.41, 5.74) is 2.06. The molecule has 0 aromatic heterocycles. The highest BCUT2D eigenvalue weighted by Crippen LogP contribution is 2.32. The molecule has 1 fully saturated rings. The van der Waals surface area contributed by atoms with E-state index in [2.05, 4.69) is 0 Å². The Balaban J connectivity index is 2.13. The van der Waals surface area contributed by atoms with E-state index in [1.807, 2.05) is 25.1 Å². The smallest absolute Gasteiger partial charge is 0.125 e. The van der Waals surface area contributed by atoms with Gasteiger partial charge in [0.2, 0.25) is 0 Å². The van der Waals surface area contributed by atoms with Gasteiger partial charge in [0.1, 0.15) is 5.75 Å². The van der Waals surface area contributed by atoms with Gasteiger partial charge in [-0.3, -0.25) is 0 Å². The van der Waals surface area contributed by atoms with Crippen LogP contribution in [0, 0.1) is 12.8 Å². The van der Waals surface area contributed by atoms with Crippen LogP contribution in [0.4, 0.5) is 0 Å². The molecule has 1 saturated carbocycles. The lowest BCUT2D eigenvalue weighted by molar-refractivity contribution is 0.190. The first-order valence-corrected chi connectivity index (χ1v) is 5.58. The summed E-state index contributed by atoms with van der Waals surface area (Å²) in [6.07, 6.45) is 2.12. The molecule has 1 aliphatic rings. The van der Waals surface area contributed by atoms with Gasteiger partial charge in [-0.2, -0.15) is 0 Å². The molecule has 0 aliphatic heterocycles. The lowest BCUT2D eigenvalue weighted by atomic mass is 10.1. The molecule has 2 heteroatoms. The molecular formula is C13H18O2. The highest BCUT2D eigenvalue weighted by atomic mass is 16.5. The van der Waals surface area contributed by atoms with Gasteiger partial charge in [-0.25, -0.2) is 0 Å². The SMILES string of the molecule is Cc1ccc([C@@H](C)O)c(OCC2CC2)c1. The topological polar surface area (TPSA) is 29.5 Å². The molecule has 0 saturated heterocycles. The molecule has 0 unspecified atom stereocenters. The van der Waals surface area contributed by atoms with E-state index in [4.69, 9.17) is 4.74 Å². The van der Waals surface area contributed by atoms with E-state index in [-0.39, 0.29) is 0 Å². The summed E-state index contributed by atoms with van der Waals surface area (Å²) in [4.78, 5) is 0. The van der Waals surface area contributed by atoms with Crippen molar-refractivity contribution in [3.05, 3.63) is 29.3 Å². The highest BCUT2D eigenvalue weighted by molar-refractivity contribution is 5.38. The number of aliphatic hydroxyl groups is 1. The number of hydrogen-bond donors (Lipinski definition) is 1. The maximum atomic E-state index is 9.60. The van der Waals surface area contributed by atoms with Gasteiger partial charge in [-0.05, 0) is 44.2 Å². The monoisotopic (exact) mass is 206 g/mol. The first-order valence-electron chi connectivity index (χ1n) is 5.58. The number of aliphatic hydroxyl groups excluding tert-OH is 1. The fourth-order valence-corrected chi connectivity index (χ4v) is 1.60. The van der Waals surface area contributed by atoms with Crippen molar-refractivity contribution in [1.82, 2.24) is 0 Å². The molecule has 1 N–H and O–H groups in total. The van der Waals surface area contributed by atoms with Crippen LogP contribution in [-0.4, -0.2) is 11.7 Å². The summed E-state index contributed by atoms with van der Waals surface area (Å²) in [5.74, 6) is 1.59. The van der Waals surface area contributed by atoms with Crippen molar-refractivity contribution < 1.29 is 9.84 Å². The third-order valence-electron chi connectivity index (χ3n) is 2.79. The van der Waals surface area contributed by atoms with Gasteiger partial charge in [0.15, 0.2) is 0 Å². The number of benzene rings is 1. The van der Waals surface area contributed by atoms with Gasteiger partial charge >= 0.3 is 0 Å². The summed E-state index contributed by atoms with van der Waals surface area (Å²) >= 11 is 0. The summed E-state index contributed by atoms with van der Waals surface area (Å²) < 4.78 is 5.74. The van der Waals surface area contributed by atoms with Gasteiger partial charge in [0, 0.05) is 5.56 Å². The Bertz CT molecular complexity index is 340. The largest absolute Gasteiger partial charge is 0.493 e. The minimum atomic E-state index is -0.459. The first-order chi connectivity index (χ1) is 7.16. The van der Waals surface area contributed by atoms with Crippen LogP contribution >= 0.6 is 0 Å². The van der Waals surface area contributed by atoms with Crippen LogP contribution in [-0.2, 0) is 0 Å². The second-order valence-electron chi connectivity index (χ2n) is 4.47. The Morgan fingerprint density at radius 3 is 2.80 bits per heavy atom. The molecule has 1 aliphatic carbocycles. The van der Waals surface area contributed by atoms with Crippen LogP contribution in [0.2, 0.25) is 0 Å². The molecule has 0 spiro atoms. The second-order valence-corrected chi connectivity index (χ2v) is 4.47. The van der Waals surface area contributed by atoms with Gasteiger partial charge < -0.3 is 9.84 Å². The summed E-state index contributed by atoms with van der Waals surface area (Å²) in [5, 5.41) is 9.60. The van der Waals surface area contributed by atoms with Crippen LogP contribution in [0.15, 0.2) is 18.2 Å². The molecule has 1 atom stereocenters. The standard InChI is InChI=1S/C13H18O2/c1-9-3-6-12(10(2)14)13(7-9)15-8-11-4-5-11/h3,6-7,10-11,14H,4-5,8H2,1-2H3/t10-/m1/s1. The Morgan fingerprint density at radius 1 is 1.47 bits per heavy atom. The van der Waals surface area contributed by atoms with Crippen LogP contribution in [0.3, 0.4) is 0 Å². The van der Waals surface area contributed by atoms with Gasteiger partial charge in [0.05, 0.1) is 12.7 Å². The number of rotatable bonds is 4. The van der Waals surface area contributed by atoms with E-state index in [9.17, 15) is 5.11 Å². The van der Waals surface area contributed by atoms with Crippen molar-refractivity contribution >= 4 is 0 Å². The molecule has 0 bridgehead atoms. The predicted octanol–water partition coefficient (Wildman–Crippen LogP) is 2.84. The van der Waals surface area contributed by atoms with Crippen molar-refractivity contribution in [3.8, 4) is 5.75 Å². The molecule has 0 heterocycles. The van der Waals surface area contributed by atoms with Crippen LogP contribution < -0.4 is 4.74 Å². The van der Waals surface area contributed by atoms with Crippen LogP contribution in [0.5, 0.6) is 5.75 Å². The van der Waals surface area contributed by atoms with Crippen LogP contribution in [0.1, 0.15) is 37.0 Å². The average molecular weight is 206 g/mol. The summed E-state index contributed by atoms with van der Waals surface area (Å²) in [6, 6.07) is 5.96. The lowest BCUT2D eigenvalue weighted by Crippen LogP contribution is -2.03. The molecule has 2 nitrogen and oxygen atoms in total. The van der Waals surface area contributed by atoms with Crippen LogP contribution in [0.25, 0.3) is 0 Å². The molecule has 82 valence electrons. The van der Waals surface area contributed by atoms with Gasteiger partial charge in [0.25, 0.3) is 0 Å². The van der Waals surface area contributed by atoms with Crippen molar-refractivity contribution in [3.63, 3.8) is 0 Å². The summed E-state index contributed by atoms with van der Waals surface area (Å²) in [6.45, 7) is 4.60. The quantitative estimate of drug-likeness (QED) is 0.820. The van der Waals surface area contributed by atoms with E-state index < -0.39 is 6.10 Å². The highest BCUT2D eigenvalue weighted by Gasteiger charge is 2.22. The van der Waals surface area contributed by atoms with Crippen molar-refractivity contribution in [2.75, 3.05) is 6.61 Å². The molecule has 0 radical (unpaired) electrons. The molecule has 2 rings (SSSR count). The fraction of sp³-hybridized carbons (Fsp3) is 0.538. The maximum absolute atomic E-state index is 9.60. The Labute approximate surface area is 90.9 Å². The zero-order valence-electron chi connectivity index (χ0n) is 9.36. The minimum Gasteiger partial charge on any atom is -0.493 e. The molecule has 15 heavy (non-hydrogen) atoms. The molecular weight excluding hydrogens is 188 g/mol. The van der Waals surface area contributed by atoms with Crippen molar-refractivity contribution in [1.29, 1.82) is 0 Å². The minimum absolute atomic E-state index is 0.459. The normalized spacial score (nSPS) is 17.5. The predicted molar refractivity (Wildman–Crippen MR) is 60.0 cm³/mol. The van der Waals surface area contributed by atoms with Gasteiger partial charge in [-0.15, -0.1) is 0 Å². The van der Waals surface area contributed by atoms with E-state index >= 15 is 0 Å². The zero-order valence-corrected chi connectivity index (χ0v) is 9.36. The van der Waals surface area contributed by atoms with E-state index in [0.29, 0.717) is 0 Å². The third-order valence-corrected chi connectivity index (χ3v) is 2.79. The Hall–Kier alpha value is -1.02. The fourth-order valence-electron chi connectivity index (χ4n) is 1.60. The Morgan fingerprint density at radius 2 is 2.20 bits per heavy atom. The van der Waals surface area contributed by atoms with Gasteiger partial charge in [-0.1, -0.05) is 12.1 Å². The number of hydrogen-bond acceptors (Lipinski definition) is 2. The average Bonchev–Trinajstić information content (AvgIpc) is 2.97. The van der Waals surface area contributed by atoms with Crippen molar-refractivity contribution in [2.45, 2.75) is 32.8 Å². The van der Waals surface area contributed by atoms with E-state index in [1.54, 1.807) is 6.92 Å². The summed E-state index contributed by atoms with van der Waals surface area (Å²) in [7, 11) is 0. The lowest BCUT2D eigenvalue weighted by Gasteiger charge is -2.13. The van der Waals surface area contributed by atoms with Crippen molar-refractivity contribution in [2.24, 2.45) is 5.92 Å². The van der Waals surface area contributed by atoms with E-state index in [0.717, 1.165) is 23.8 Å². The van der Waals surface area contributed by atoms with E-state index in [1.165, 1.54) is 18.4 Å². The Kier molecular flexibility index (Phi) is 2.96. The molecule has 1 aromatic rings. The first kappa shape index (κ1) is 10.5. The maximum Gasteiger partial charge on any atom is 0.125 e. The molecule has 1 aromatic carbocycles. The number of aryl methyl sites for hydroxylation is 1. The molecule has 0 amide bonds. The zero-order chi connectivity index (χ0) is 10.8. The number of ether oxygens (including phenoxy) is 1.